The van der Waals surface area contributed by atoms with E-state index in [1.807, 2.05) is 6.92 Å². The molecule has 0 spiro atoms. The Hall–Kier alpha value is -0.610. The average molecular weight is 240 g/mol. The summed E-state index contributed by atoms with van der Waals surface area (Å²) in [6.07, 6.45) is 6.81. The van der Waals surface area contributed by atoms with E-state index in [4.69, 9.17) is 4.74 Å². The second-order valence-corrected chi connectivity index (χ2v) is 5.23. The Kier molecular flexibility index (Phi) is 4.80. The Balaban J connectivity index is 1.55. The van der Waals surface area contributed by atoms with Crippen LogP contribution in [0.3, 0.4) is 0 Å². The van der Waals surface area contributed by atoms with E-state index in [0.29, 0.717) is 18.7 Å². The van der Waals surface area contributed by atoms with E-state index in [-0.39, 0.29) is 12.0 Å². The second-order valence-electron chi connectivity index (χ2n) is 5.23. The lowest BCUT2D eigenvalue weighted by Gasteiger charge is -2.23. The summed E-state index contributed by atoms with van der Waals surface area (Å²) < 4.78 is 5.58. The summed E-state index contributed by atoms with van der Waals surface area (Å²) >= 11 is 0. The lowest BCUT2D eigenvalue weighted by atomic mass is 10.0. The molecule has 98 valence electrons. The summed E-state index contributed by atoms with van der Waals surface area (Å²) in [6.45, 7) is 3.64. The molecule has 0 bridgehead atoms. The summed E-state index contributed by atoms with van der Waals surface area (Å²) in [6, 6.07) is 1.01. The minimum Gasteiger partial charge on any atom is -0.369 e. The number of piperidine rings is 1. The van der Waals surface area contributed by atoms with Gasteiger partial charge >= 0.3 is 0 Å². The first kappa shape index (κ1) is 12.8. The molecule has 1 saturated heterocycles. The van der Waals surface area contributed by atoms with Gasteiger partial charge in [0.2, 0.25) is 5.91 Å². The summed E-state index contributed by atoms with van der Waals surface area (Å²) in [7, 11) is 0. The number of carbonyl (C=O) groups excluding carboxylic acids is 1. The van der Waals surface area contributed by atoms with E-state index < -0.39 is 0 Å². The lowest BCUT2D eigenvalue weighted by molar-refractivity contribution is -0.132. The van der Waals surface area contributed by atoms with Gasteiger partial charge in [-0.15, -0.1) is 0 Å². The van der Waals surface area contributed by atoms with Gasteiger partial charge in [0.1, 0.15) is 6.10 Å². The molecule has 4 heteroatoms. The van der Waals surface area contributed by atoms with Crippen molar-refractivity contribution in [3.63, 3.8) is 0 Å². The molecule has 2 N–H and O–H groups in total. The van der Waals surface area contributed by atoms with Gasteiger partial charge in [0.05, 0.1) is 0 Å². The predicted molar refractivity (Wildman–Crippen MR) is 66.8 cm³/mol. The fourth-order valence-corrected chi connectivity index (χ4v) is 2.18. The molecule has 2 unspecified atom stereocenters. The van der Waals surface area contributed by atoms with Crippen LogP contribution < -0.4 is 10.6 Å². The molecule has 0 radical (unpaired) electrons. The molecule has 2 rings (SSSR count). The van der Waals surface area contributed by atoms with Crippen molar-refractivity contribution in [1.29, 1.82) is 0 Å². The summed E-state index contributed by atoms with van der Waals surface area (Å²) in [5.74, 6) is 0.0455. The van der Waals surface area contributed by atoms with Gasteiger partial charge in [-0.25, -0.2) is 0 Å². The highest BCUT2D eigenvalue weighted by molar-refractivity contribution is 5.80. The maximum atomic E-state index is 11.6. The third-order valence-electron chi connectivity index (χ3n) is 3.54. The van der Waals surface area contributed by atoms with Gasteiger partial charge in [-0.3, -0.25) is 4.79 Å². The zero-order chi connectivity index (χ0) is 12.1. The first-order valence-corrected chi connectivity index (χ1v) is 6.91. The smallest absolute Gasteiger partial charge is 0.249 e. The van der Waals surface area contributed by atoms with Crippen molar-refractivity contribution in [1.82, 2.24) is 10.6 Å². The molecule has 0 aromatic rings. The Morgan fingerprint density at radius 2 is 2.24 bits per heavy atom. The topological polar surface area (TPSA) is 50.4 Å². The molecule has 1 saturated carbocycles. The molecule has 2 fully saturated rings. The molecule has 1 aliphatic carbocycles. The van der Waals surface area contributed by atoms with Crippen molar-refractivity contribution in [2.45, 2.75) is 63.6 Å². The molecule has 17 heavy (non-hydrogen) atoms. The third kappa shape index (κ3) is 4.64. The van der Waals surface area contributed by atoms with Gasteiger partial charge in [-0.1, -0.05) is 6.42 Å². The Labute approximate surface area is 103 Å². The SMILES string of the molecule is CC(OCCC1CCCCN1)C(=O)NC1CC1. The normalized spacial score (nSPS) is 26.5. The van der Waals surface area contributed by atoms with Crippen LogP contribution >= 0.6 is 0 Å². The van der Waals surface area contributed by atoms with Crippen molar-refractivity contribution in [3.8, 4) is 0 Å². The molecular weight excluding hydrogens is 216 g/mol. The Morgan fingerprint density at radius 1 is 1.41 bits per heavy atom. The van der Waals surface area contributed by atoms with Gasteiger partial charge in [0.25, 0.3) is 0 Å². The van der Waals surface area contributed by atoms with E-state index in [1.165, 1.54) is 19.3 Å². The summed E-state index contributed by atoms with van der Waals surface area (Å²) in [5, 5.41) is 6.45. The fourth-order valence-electron chi connectivity index (χ4n) is 2.18. The Bertz CT molecular complexity index is 248. The van der Waals surface area contributed by atoms with E-state index >= 15 is 0 Å². The lowest BCUT2D eigenvalue weighted by Crippen LogP contribution is -2.38. The fraction of sp³-hybridized carbons (Fsp3) is 0.923. The largest absolute Gasteiger partial charge is 0.369 e. The standard InChI is InChI=1S/C13H24N2O2/c1-10(13(16)15-12-5-6-12)17-9-7-11-4-2-3-8-14-11/h10-12,14H,2-9H2,1H3,(H,15,16). The van der Waals surface area contributed by atoms with Crippen molar-refractivity contribution < 1.29 is 9.53 Å². The van der Waals surface area contributed by atoms with Gasteiger partial charge in [0.15, 0.2) is 0 Å². The first-order chi connectivity index (χ1) is 8.25. The van der Waals surface area contributed by atoms with Crippen LogP contribution in [0.5, 0.6) is 0 Å². The molecule has 1 amide bonds. The van der Waals surface area contributed by atoms with Gasteiger partial charge in [-0.05, 0) is 45.6 Å². The molecule has 2 atom stereocenters. The third-order valence-corrected chi connectivity index (χ3v) is 3.54. The van der Waals surface area contributed by atoms with Crippen LogP contribution in [0.25, 0.3) is 0 Å². The van der Waals surface area contributed by atoms with Crippen LogP contribution in [-0.4, -0.2) is 37.2 Å². The van der Waals surface area contributed by atoms with E-state index in [9.17, 15) is 4.79 Å². The minimum absolute atomic E-state index is 0.0455. The highest BCUT2D eigenvalue weighted by Gasteiger charge is 2.25. The van der Waals surface area contributed by atoms with Crippen molar-refractivity contribution in [3.05, 3.63) is 0 Å². The second kappa shape index (κ2) is 6.36. The molecule has 1 heterocycles. The predicted octanol–water partition coefficient (Wildman–Crippen LogP) is 1.20. The van der Waals surface area contributed by atoms with Gasteiger partial charge in [0, 0.05) is 18.7 Å². The van der Waals surface area contributed by atoms with E-state index in [0.717, 1.165) is 25.8 Å². The quantitative estimate of drug-likeness (QED) is 0.733. The van der Waals surface area contributed by atoms with Crippen molar-refractivity contribution in [2.75, 3.05) is 13.2 Å². The number of amides is 1. The number of nitrogens with one attached hydrogen (secondary N) is 2. The first-order valence-electron chi connectivity index (χ1n) is 6.91. The summed E-state index contributed by atoms with van der Waals surface area (Å²) in [4.78, 5) is 11.6. The summed E-state index contributed by atoms with van der Waals surface area (Å²) in [5.41, 5.74) is 0. The van der Waals surface area contributed by atoms with Crippen molar-refractivity contribution in [2.24, 2.45) is 0 Å². The number of carbonyl (C=O) groups is 1. The van der Waals surface area contributed by atoms with Crippen LogP contribution in [0.15, 0.2) is 0 Å². The van der Waals surface area contributed by atoms with Crippen molar-refractivity contribution >= 4 is 5.91 Å². The van der Waals surface area contributed by atoms with E-state index in [1.54, 1.807) is 0 Å². The van der Waals surface area contributed by atoms with Crippen LogP contribution in [-0.2, 0) is 9.53 Å². The average Bonchev–Trinajstić information content (AvgIpc) is 3.14. The Morgan fingerprint density at radius 3 is 2.88 bits per heavy atom. The van der Waals surface area contributed by atoms with Crippen LogP contribution in [0.1, 0.15) is 45.4 Å². The van der Waals surface area contributed by atoms with Gasteiger partial charge in [-0.2, -0.15) is 0 Å². The van der Waals surface area contributed by atoms with Gasteiger partial charge < -0.3 is 15.4 Å². The molecule has 1 aliphatic heterocycles. The molecule has 0 aromatic heterocycles. The highest BCUT2D eigenvalue weighted by atomic mass is 16.5. The van der Waals surface area contributed by atoms with E-state index in [2.05, 4.69) is 10.6 Å². The number of hydrogen-bond acceptors (Lipinski definition) is 3. The number of rotatable bonds is 6. The number of hydrogen-bond donors (Lipinski definition) is 2. The zero-order valence-electron chi connectivity index (χ0n) is 10.7. The highest BCUT2D eigenvalue weighted by Crippen LogP contribution is 2.18. The maximum Gasteiger partial charge on any atom is 0.249 e. The van der Waals surface area contributed by atoms with Crippen LogP contribution in [0, 0.1) is 0 Å². The van der Waals surface area contributed by atoms with Crippen LogP contribution in [0.4, 0.5) is 0 Å². The molecule has 4 nitrogen and oxygen atoms in total. The maximum absolute atomic E-state index is 11.6. The number of ether oxygens (including phenoxy) is 1. The molecular formula is C13H24N2O2. The van der Waals surface area contributed by atoms with Crippen LogP contribution in [0.2, 0.25) is 0 Å². The minimum atomic E-state index is -0.306. The zero-order valence-corrected chi connectivity index (χ0v) is 10.7. The molecule has 2 aliphatic rings. The molecule has 0 aromatic carbocycles. The monoisotopic (exact) mass is 240 g/mol.